The molecule has 2 nitrogen and oxygen atoms in total. The molecule has 4 heteroatoms. The topological polar surface area (TPSA) is 22.1 Å². The molecule has 0 bridgehead atoms. The number of hydrogen-bond donors (Lipinski definition) is 0. The molecule has 1 aromatic heterocycles. The van der Waals surface area contributed by atoms with Crippen LogP contribution in [0.3, 0.4) is 0 Å². The van der Waals surface area contributed by atoms with Gasteiger partial charge in [0.2, 0.25) is 5.88 Å². The highest BCUT2D eigenvalue weighted by Crippen LogP contribution is 2.11. The first-order valence-electron chi connectivity index (χ1n) is 3.76. The Labute approximate surface area is 74.9 Å². The van der Waals surface area contributed by atoms with E-state index in [-0.39, 0.29) is 5.88 Å². The minimum Gasteiger partial charge on any atom is -0.417 e. The van der Waals surface area contributed by atoms with Crippen LogP contribution in [-0.2, 0) is 0 Å². The third-order valence-corrected chi connectivity index (χ3v) is 1.33. The molecule has 70 valence electrons. The average Bonchev–Trinajstić information content (AvgIpc) is 2.08. The maximum absolute atomic E-state index is 11.7. The van der Waals surface area contributed by atoms with Crippen molar-refractivity contribution in [2.24, 2.45) is 0 Å². The van der Waals surface area contributed by atoms with E-state index in [1.165, 1.54) is 12.3 Å². The van der Waals surface area contributed by atoms with E-state index in [1.807, 2.05) is 19.1 Å². The summed E-state index contributed by atoms with van der Waals surface area (Å²) in [7, 11) is 0. The van der Waals surface area contributed by atoms with Gasteiger partial charge in [-0.1, -0.05) is 12.2 Å². The molecule has 0 saturated carbocycles. The van der Waals surface area contributed by atoms with Gasteiger partial charge in [-0.05, 0) is 18.6 Å². The van der Waals surface area contributed by atoms with Crippen molar-refractivity contribution in [3.8, 4) is 5.88 Å². The predicted octanol–water partition coefficient (Wildman–Crippen LogP) is 2.72. The third kappa shape index (κ3) is 3.19. The largest absolute Gasteiger partial charge is 0.417 e. The van der Waals surface area contributed by atoms with Crippen molar-refractivity contribution in [3.05, 3.63) is 30.0 Å². The molecule has 0 unspecified atom stereocenters. The summed E-state index contributed by atoms with van der Waals surface area (Å²) in [5.41, 5.74) is 0.851. The van der Waals surface area contributed by atoms with Crippen LogP contribution in [0.2, 0.25) is 0 Å². The molecule has 1 heterocycles. The van der Waals surface area contributed by atoms with Crippen LogP contribution in [0.25, 0.3) is 6.08 Å². The van der Waals surface area contributed by atoms with Gasteiger partial charge in [0.25, 0.3) is 0 Å². The van der Waals surface area contributed by atoms with Crippen LogP contribution in [0.1, 0.15) is 12.5 Å². The van der Waals surface area contributed by atoms with Gasteiger partial charge in [-0.2, -0.15) is 8.78 Å². The van der Waals surface area contributed by atoms with E-state index < -0.39 is 6.61 Å². The van der Waals surface area contributed by atoms with Gasteiger partial charge < -0.3 is 4.74 Å². The van der Waals surface area contributed by atoms with E-state index in [1.54, 1.807) is 6.07 Å². The van der Waals surface area contributed by atoms with Gasteiger partial charge in [0.15, 0.2) is 0 Å². The van der Waals surface area contributed by atoms with Gasteiger partial charge in [-0.15, -0.1) is 0 Å². The quantitative estimate of drug-likeness (QED) is 0.722. The number of allylic oxidation sites excluding steroid dienone is 1. The smallest absolute Gasteiger partial charge is 0.388 e. The number of alkyl halides is 2. The number of nitrogens with zero attached hydrogens (tertiary/aromatic N) is 1. The molecule has 13 heavy (non-hydrogen) atoms. The summed E-state index contributed by atoms with van der Waals surface area (Å²) in [6.07, 6.45) is 5.13. The van der Waals surface area contributed by atoms with Crippen LogP contribution in [-0.4, -0.2) is 11.6 Å². The van der Waals surface area contributed by atoms with Crippen molar-refractivity contribution in [3.63, 3.8) is 0 Å². The third-order valence-electron chi connectivity index (χ3n) is 1.33. The first kappa shape index (κ1) is 9.64. The van der Waals surface area contributed by atoms with Crippen LogP contribution >= 0.6 is 0 Å². The summed E-state index contributed by atoms with van der Waals surface area (Å²) in [5.74, 6) is -0.0664. The van der Waals surface area contributed by atoms with Crippen molar-refractivity contribution < 1.29 is 13.5 Å². The second-order valence-electron chi connectivity index (χ2n) is 2.31. The normalized spacial score (nSPS) is 11.1. The molecule has 0 aliphatic heterocycles. The zero-order valence-electron chi connectivity index (χ0n) is 7.08. The van der Waals surface area contributed by atoms with Crippen LogP contribution in [0, 0.1) is 0 Å². The lowest BCUT2D eigenvalue weighted by atomic mass is 10.3. The van der Waals surface area contributed by atoms with Crippen LogP contribution in [0.15, 0.2) is 24.4 Å². The number of halogens is 2. The molecule has 0 amide bonds. The Hall–Kier alpha value is -1.45. The van der Waals surface area contributed by atoms with Gasteiger partial charge in [0.1, 0.15) is 0 Å². The Morgan fingerprint density at radius 1 is 1.46 bits per heavy atom. The zero-order chi connectivity index (χ0) is 9.68. The number of aromatic nitrogens is 1. The van der Waals surface area contributed by atoms with Gasteiger partial charge in [0.05, 0.1) is 0 Å². The van der Waals surface area contributed by atoms with Crippen LogP contribution in [0.4, 0.5) is 8.78 Å². The van der Waals surface area contributed by atoms with E-state index in [4.69, 9.17) is 0 Å². The van der Waals surface area contributed by atoms with Crippen molar-refractivity contribution in [1.82, 2.24) is 4.98 Å². The maximum atomic E-state index is 11.7. The van der Waals surface area contributed by atoms with Crippen LogP contribution < -0.4 is 4.74 Å². The second-order valence-corrected chi connectivity index (χ2v) is 2.31. The summed E-state index contributed by atoms with van der Waals surface area (Å²) in [4.78, 5) is 3.68. The Balaban J connectivity index is 2.69. The van der Waals surface area contributed by atoms with E-state index in [0.717, 1.165) is 5.56 Å². The molecular weight excluding hydrogens is 176 g/mol. The lowest BCUT2D eigenvalue weighted by Crippen LogP contribution is -2.03. The molecule has 0 aliphatic rings. The van der Waals surface area contributed by atoms with E-state index in [0.29, 0.717) is 0 Å². The Morgan fingerprint density at radius 2 is 2.23 bits per heavy atom. The molecule has 1 aromatic rings. The summed E-state index contributed by atoms with van der Waals surface area (Å²) < 4.78 is 27.5. The van der Waals surface area contributed by atoms with Crippen LogP contribution in [0.5, 0.6) is 5.88 Å². The highest BCUT2D eigenvalue weighted by atomic mass is 19.3. The summed E-state index contributed by atoms with van der Waals surface area (Å²) in [5, 5.41) is 0. The minimum atomic E-state index is -2.82. The Kier molecular flexibility index (Phi) is 3.37. The van der Waals surface area contributed by atoms with Gasteiger partial charge in [-0.25, -0.2) is 4.98 Å². The summed E-state index contributed by atoms with van der Waals surface area (Å²) in [6.45, 7) is -0.955. The van der Waals surface area contributed by atoms with Gasteiger partial charge in [-0.3, -0.25) is 0 Å². The van der Waals surface area contributed by atoms with Gasteiger partial charge >= 0.3 is 6.61 Å². The van der Waals surface area contributed by atoms with Crippen molar-refractivity contribution in [2.45, 2.75) is 13.5 Å². The zero-order valence-corrected chi connectivity index (χ0v) is 7.08. The second kappa shape index (κ2) is 4.54. The number of ether oxygens (including phenoxy) is 1. The molecule has 0 spiro atoms. The van der Waals surface area contributed by atoms with E-state index >= 15 is 0 Å². The SMILES string of the molecule is C/C=C/c1ccc(OC(F)F)nc1. The number of rotatable bonds is 3. The van der Waals surface area contributed by atoms with E-state index in [9.17, 15) is 8.78 Å². The minimum absolute atomic E-state index is 0.0664. The maximum Gasteiger partial charge on any atom is 0.388 e. The molecule has 0 atom stereocenters. The molecule has 0 fully saturated rings. The highest BCUT2D eigenvalue weighted by molar-refractivity contribution is 5.47. The fraction of sp³-hybridized carbons (Fsp3) is 0.222. The molecule has 0 N–H and O–H groups in total. The van der Waals surface area contributed by atoms with Crippen molar-refractivity contribution >= 4 is 6.08 Å². The fourth-order valence-electron chi connectivity index (χ4n) is 0.844. The van der Waals surface area contributed by atoms with Crippen molar-refractivity contribution in [2.75, 3.05) is 0 Å². The van der Waals surface area contributed by atoms with E-state index in [2.05, 4.69) is 9.72 Å². The lowest BCUT2D eigenvalue weighted by molar-refractivity contribution is -0.0528. The molecule has 0 aromatic carbocycles. The molecule has 1 rings (SSSR count). The summed E-state index contributed by atoms with van der Waals surface area (Å²) in [6, 6.07) is 3.06. The van der Waals surface area contributed by atoms with Gasteiger partial charge in [0, 0.05) is 12.3 Å². The predicted molar refractivity (Wildman–Crippen MR) is 45.6 cm³/mol. The number of pyridine rings is 1. The molecule has 0 aliphatic carbocycles. The van der Waals surface area contributed by atoms with Crippen molar-refractivity contribution in [1.29, 1.82) is 0 Å². The standard InChI is InChI=1S/C9H9F2NO/c1-2-3-7-4-5-8(12-6-7)13-9(10)11/h2-6,9H,1H3/b3-2+. The summed E-state index contributed by atoms with van der Waals surface area (Å²) >= 11 is 0. The molecule has 0 radical (unpaired) electrons. The lowest BCUT2D eigenvalue weighted by Gasteiger charge is -2.02. The first-order chi connectivity index (χ1) is 6.22. The molecule has 0 saturated heterocycles. The molecular formula is C9H9F2NO. The Morgan fingerprint density at radius 3 is 2.69 bits per heavy atom. The average molecular weight is 185 g/mol. The Bertz CT molecular complexity index is 282. The monoisotopic (exact) mass is 185 g/mol. The number of hydrogen-bond acceptors (Lipinski definition) is 2. The first-order valence-corrected chi connectivity index (χ1v) is 3.76. The highest BCUT2D eigenvalue weighted by Gasteiger charge is 2.03. The fourth-order valence-corrected chi connectivity index (χ4v) is 0.844.